The first-order valence-corrected chi connectivity index (χ1v) is 9.04. The molecule has 0 aliphatic rings. The molecule has 0 unspecified atom stereocenters. The summed E-state index contributed by atoms with van der Waals surface area (Å²) in [6.45, 7) is 2.86. The Morgan fingerprint density at radius 3 is 2.67 bits per heavy atom. The van der Waals surface area contributed by atoms with Crippen LogP contribution >= 0.6 is 0 Å². The van der Waals surface area contributed by atoms with Crippen molar-refractivity contribution in [3.8, 4) is 17.1 Å². The Bertz CT molecular complexity index is 889. The van der Waals surface area contributed by atoms with Gasteiger partial charge in [-0.2, -0.15) is 0 Å². The van der Waals surface area contributed by atoms with Gasteiger partial charge in [0.1, 0.15) is 5.75 Å². The molecule has 0 bridgehead atoms. The van der Waals surface area contributed by atoms with Crippen LogP contribution < -0.4 is 10.1 Å². The largest absolute Gasteiger partial charge is 0.494 e. The minimum absolute atomic E-state index is 0.180. The van der Waals surface area contributed by atoms with Gasteiger partial charge < -0.3 is 10.1 Å². The van der Waals surface area contributed by atoms with Gasteiger partial charge in [-0.1, -0.05) is 31.9 Å². The summed E-state index contributed by atoms with van der Waals surface area (Å²) in [7, 11) is 1.77. The summed E-state index contributed by atoms with van der Waals surface area (Å²) in [6, 6.07) is 14.6. The van der Waals surface area contributed by atoms with Crippen molar-refractivity contribution in [2.45, 2.75) is 26.2 Å². The summed E-state index contributed by atoms with van der Waals surface area (Å²) < 4.78 is 7.26. The highest BCUT2D eigenvalue weighted by Gasteiger charge is 2.09. The Hall–Kier alpha value is -3.22. The number of anilines is 1. The lowest BCUT2D eigenvalue weighted by Gasteiger charge is -2.09. The topological polar surface area (TPSA) is 81.9 Å². The number of aromatic nitrogens is 4. The molecule has 0 aliphatic carbocycles. The second-order valence-corrected chi connectivity index (χ2v) is 6.24. The number of carbonyl (C=O) groups is 1. The Kier molecular flexibility index (Phi) is 6.14. The average molecular weight is 365 g/mol. The van der Waals surface area contributed by atoms with Gasteiger partial charge in [0, 0.05) is 23.9 Å². The number of nitrogens with one attached hydrogen (secondary N) is 1. The van der Waals surface area contributed by atoms with E-state index in [1.165, 1.54) is 0 Å². The van der Waals surface area contributed by atoms with Gasteiger partial charge in [0.2, 0.25) is 0 Å². The maximum atomic E-state index is 12.5. The first-order valence-electron chi connectivity index (χ1n) is 9.04. The van der Waals surface area contributed by atoms with Crippen LogP contribution in [-0.2, 0) is 7.05 Å². The zero-order chi connectivity index (χ0) is 19.1. The third-order valence-corrected chi connectivity index (χ3v) is 4.13. The Morgan fingerprint density at radius 2 is 1.96 bits per heavy atom. The van der Waals surface area contributed by atoms with E-state index in [0.29, 0.717) is 23.7 Å². The van der Waals surface area contributed by atoms with E-state index < -0.39 is 0 Å². The maximum absolute atomic E-state index is 12.5. The van der Waals surface area contributed by atoms with Crippen LogP contribution in [0.4, 0.5) is 5.69 Å². The molecular formula is C20H23N5O2. The molecule has 0 saturated heterocycles. The molecule has 0 spiro atoms. The fraction of sp³-hybridized carbons (Fsp3) is 0.300. The van der Waals surface area contributed by atoms with Crippen LogP contribution in [0.25, 0.3) is 11.4 Å². The third kappa shape index (κ3) is 4.91. The number of aryl methyl sites for hydroxylation is 1. The van der Waals surface area contributed by atoms with E-state index in [0.717, 1.165) is 30.6 Å². The molecule has 0 saturated carbocycles. The molecule has 3 aromatic rings. The minimum Gasteiger partial charge on any atom is -0.494 e. The third-order valence-electron chi connectivity index (χ3n) is 4.13. The van der Waals surface area contributed by atoms with Gasteiger partial charge in [-0.25, -0.2) is 4.68 Å². The summed E-state index contributed by atoms with van der Waals surface area (Å²) >= 11 is 0. The normalized spacial score (nSPS) is 10.6. The number of rotatable bonds is 8. The molecule has 2 aromatic carbocycles. The summed E-state index contributed by atoms with van der Waals surface area (Å²) in [4.78, 5) is 12.5. The van der Waals surface area contributed by atoms with Gasteiger partial charge in [-0.15, -0.1) is 5.10 Å². The van der Waals surface area contributed by atoms with Gasteiger partial charge >= 0.3 is 0 Å². The van der Waals surface area contributed by atoms with Crippen molar-refractivity contribution in [2.75, 3.05) is 11.9 Å². The highest BCUT2D eigenvalue weighted by Crippen LogP contribution is 2.20. The molecule has 7 heteroatoms. The van der Waals surface area contributed by atoms with E-state index in [1.54, 1.807) is 23.9 Å². The zero-order valence-corrected chi connectivity index (χ0v) is 15.6. The molecule has 0 atom stereocenters. The standard InChI is InChI=1S/C20H23N5O2/c1-3-4-5-13-27-18-11-9-15(10-12-18)20(26)21-17-8-6-7-16(14-17)19-22-23-24-25(19)2/h6-12,14H,3-5,13H2,1-2H3,(H,21,26). The Balaban J connectivity index is 1.63. The van der Waals surface area contributed by atoms with E-state index in [9.17, 15) is 4.79 Å². The smallest absolute Gasteiger partial charge is 0.255 e. The van der Waals surface area contributed by atoms with Crippen molar-refractivity contribution in [1.82, 2.24) is 20.2 Å². The molecule has 27 heavy (non-hydrogen) atoms. The maximum Gasteiger partial charge on any atom is 0.255 e. The molecule has 0 fully saturated rings. The van der Waals surface area contributed by atoms with Crippen LogP contribution in [0, 0.1) is 0 Å². The highest BCUT2D eigenvalue weighted by atomic mass is 16.5. The number of carbonyl (C=O) groups excluding carboxylic acids is 1. The summed E-state index contributed by atoms with van der Waals surface area (Å²) in [5.74, 6) is 1.23. The van der Waals surface area contributed by atoms with E-state index in [2.05, 4.69) is 27.8 Å². The quantitative estimate of drug-likeness (QED) is 0.616. The fourth-order valence-corrected chi connectivity index (χ4v) is 2.66. The first kappa shape index (κ1) is 18.6. The van der Waals surface area contributed by atoms with Crippen LogP contribution in [0.5, 0.6) is 5.75 Å². The number of unbranched alkanes of at least 4 members (excludes halogenated alkanes) is 2. The molecule has 1 heterocycles. The van der Waals surface area contributed by atoms with Gasteiger partial charge in [0.15, 0.2) is 5.82 Å². The zero-order valence-electron chi connectivity index (χ0n) is 15.6. The van der Waals surface area contributed by atoms with Crippen LogP contribution in [-0.4, -0.2) is 32.7 Å². The first-order chi connectivity index (χ1) is 13.2. The van der Waals surface area contributed by atoms with Gasteiger partial charge in [-0.05, 0) is 53.2 Å². The van der Waals surface area contributed by atoms with Crippen LogP contribution in [0.15, 0.2) is 48.5 Å². The SMILES string of the molecule is CCCCCOc1ccc(C(=O)Nc2cccc(-c3nnnn3C)c2)cc1. The summed E-state index contributed by atoms with van der Waals surface area (Å²) in [5, 5.41) is 14.4. The molecule has 1 amide bonds. The number of amides is 1. The Labute approximate surface area is 158 Å². The van der Waals surface area contributed by atoms with Crippen LogP contribution in [0.1, 0.15) is 36.5 Å². The Morgan fingerprint density at radius 1 is 1.15 bits per heavy atom. The lowest BCUT2D eigenvalue weighted by Crippen LogP contribution is -2.12. The van der Waals surface area contributed by atoms with E-state index in [-0.39, 0.29) is 5.91 Å². The minimum atomic E-state index is -0.180. The van der Waals surface area contributed by atoms with Crippen molar-refractivity contribution in [2.24, 2.45) is 7.05 Å². The number of hydrogen-bond acceptors (Lipinski definition) is 5. The van der Waals surface area contributed by atoms with Crippen LogP contribution in [0.2, 0.25) is 0 Å². The van der Waals surface area contributed by atoms with Gasteiger partial charge in [0.05, 0.1) is 6.61 Å². The number of nitrogens with zero attached hydrogens (tertiary/aromatic N) is 4. The number of ether oxygens (including phenoxy) is 1. The fourth-order valence-electron chi connectivity index (χ4n) is 2.66. The van der Waals surface area contributed by atoms with Crippen molar-refractivity contribution >= 4 is 11.6 Å². The van der Waals surface area contributed by atoms with Crippen molar-refractivity contribution in [1.29, 1.82) is 0 Å². The predicted octanol–water partition coefficient (Wildman–Crippen LogP) is 3.70. The van der Waals surface area contributed by atoms with Crippen molar-refractivity contribution < 1.29 is 9.53 Å². The summed E-state index contributed by atoms with van der Waals surface area (Å²) in [5.41, 5.74) is 2.08. The molecule has 3 rings (SSSR count). The summed E-state index contributed by atoms with van der Waals surface area (Å²) in [6.07, 6.45) is 3.36. The molecule has 1 N–H and O–H groups in total. The molecular weight excluding hydrogens is 342 g/mol. The molecule has 140 valence electrons. The molecule has 0 aliphatic heterocycles. The van der Waals surface area contributed by atoms with Crippen molar-refractivity contribution in [3.63, 3.8) is 0 Å². The molecule has 0 radical (unpaired) electrons. The second kappa shape index (κ2) is 8.93. The van der Waals surface area contributed by atoms with Crippen LogP contribution in [0.3, 0.4) is 0 Å². The molecule has 1 aromatic heterocycles. The monoisotopic (exact) mass is 365 g/mol. The van der Waals surface area contributed by atoms with Gasteiger partial charge in [-0.3, -0.25) is 4.79 Å². The van der Waals surface area contributed by atoms with E-state index in [4.69, 9.17) is 4.74 Å². The lowest BCUT2D eigenvalue weighted by molar-refractivity contribution is 0.102. The number of tetrazole rings is 1. The molecule has 7 nitrogen and oxygen atoms in total. The predicted molar refractivity (Wildman–Crippen MR) is 104 cm³/mol. The lowest BCUT2D eigenvalue weighted by atomic mass is 10.1. The van der Waals surface area contributed by atoms with E-state index >= 15 is 0 Å². The number of benzene rings is 2. The second-order valence-electron chi connectivity index (χ2n) is 6.24. The number of hydrogen-bond donors (Lipinski definition) is 1. The van der Waals surface area contributed by atoms with Gasteiger partial charge in [0.25, 0.3) is 5.91 Å². The highest BCUT2D eigenvalue weighted by molar-refractivity contribution is 6.04. The van der Waals surface area contributed by atoms with E-state index in [1.807, 2.05) is 36.4 Å². The van der Waals surface area contributed by atoms with Crippen molar-refractivity contribution in [3.05, 3.63) is 54.1 Å². The average Bonchev–Trinajstić information content (AvgIpc) is 3.12.